The molecule has 0 N–H and O–H groups in total. The molecule has 1 aliphatic carbocycles. The van der Waals surface area contributed by atoms with Crippen LogP contribution in [0.2, 0.25) is 0 Å². The van der Waals surface area contributed by atoms with Gasteiger partial charge in [0.05, 0.1) is 0 Å². The van der Waals surface area contributed by atoms with Crippen LogP contribution >= 0.6 is 0 Å². The second-order valence-corrected chi connectivity index (χ2v) is 3.46. The van der Waals surface area contributed by atoms with E-state index in [0.717, 1.165) is 6.42 Å². The monoisotopic (exact) mass is 164 g/mol. The van der Waals surface area contributed by atoms with E-state index in [9.17, 15) is 4.79 Å². The average molecular weight is 164 g/mol. The van der Waals surface area contributed by atoms with Crippen LogP contribution < -0.4 is 0 Å². The molecule has 1 rings (SSSR count). The number of allylic oxidation sites excluding steroid dienone is 4. The first kappa shape index (κ1) is 9.24. The third kappa shape index (κ3) is 2.65. The van der Waals surface area contributed by atoms with Crippen LogP contribution in [-0.4, -0.2) is 5.78 Å². The maximum atomic E-state index is 10.7. The van der Waals surface area contributed by atoms with Crippen molar-refractivity contribution in [1.29, 1.82) is 0 Å². The van der Waals surface area contributed by atoms with Gasteiger partial charge in [-0.3, -0.25) is 4.79 Å². The fraction of sp³-hybridized carbons (Fsp3) is 0.545. The van der Waals surface area contributed by atoms with Crippen molar-refractivity contribution in [3.05, 3.63) is 23.3 Å². The molecule has 0 fully saturated rings. The number of ketones is 1. The minimum atomic E-state index is 0.140. The third-order valence-corrected chi connectivity index (χ3v) is 2.32. The van der Waals surface area contributed by atoms with Gasteiger partial charge in [0.25, 0.3) is 0 Å². The minimum Gasteiger partial charge on any atom is -0.295 e. The summed E-state index contributed by atoms with van der Waals surface area (Å²) in [6, 6.07) is 0. The molecule has 0 saturated heterocycles. The lowest BCUT2D eigenvalue weighted by Crippen LogP contribution is -1.95. The Labute approximate surface area is 74.2 Å². The summed E-state index contributed by atoms with van der Waals surface area (Å²) in [6.45, 7) is 3.76. The van der Waals surface area contributed by atoms with Gasteiger partial charge in [-0.05, 0) is 51.2 Å². The molecule has 0 bridgehead atoms. The van der Waals surface area contributed by atoms with Crippen LogP contribution in [0.25, 0.3) is 0 Å². The molecular weight excluding hydrogens is 148 g/mol. The molecule has 0 aromatic heterocycles. The molecule has 0 radical (unpaired) electrons. The van der Waals surface area contributed by atoms with E-state index >= 15 is 0 Å². The van der Waals surface area contributed by atoms with E-state index in [1.807, 2.05) is 6.08 Å². The maximum Gasteiger partial charge on any atom is 0.152 e. The molecule has 1 nitrogen and oxygen atoms in total. The Morgan fingerprint density at radius 2 is 2.00 bits per heavy atom. The van der Waals surface area contributed by atoms with Gasteiger partial charge in [0.15, 0.2) is 5.78 Å². The van der Waals surface area contributed by atoms with Gasteiger partial charge in [0.1, 0.15) is 0 Å². The SMILES string of the molecule is CC(=O)C=CC1=C(C)CCCC1. The molecule has 0 heterocycles. The highest BCUT2D eigenvalue weighted by Gasteiger charge is 2.05. The first-order chi connectivity index (χ1) is 5.70. The zero-order valence-corrected chi connectivity index (χ0v) is 7.89. The fourth-order valence-corrected chi connectivity index (χ4v) is 1.52. The van der Waals surface area contributed by atoms with Gasteiger partial charge in [-0.2, -0.15) is 0 Å². The molecule has 0 amide bonds. The van der Waals surface area contributed by atoms with Crippen LogP contribution in [0, 0.1) is 0 Å². The first-order valence-electron chi connectivity index (χ1n) is 4.57. The van der Waals surface area contributed by atoms with Gasteiger partial charge in [0, 0.05) is 0 Å². The molecule has 0 spiro atoms. The van der Waals surface area contributed by atoms with Gasteiger partial charge < -0.3 is 0 Å². The van der Waals surface area contributed by atoms with E-state index in [0.29, 0.717) is 0 Å². The highest BCUT2D eigenvalue weighted by molar-refractivity contribution is 5.87. The van der Waals surface area contributed by atoms with Crippen LogP contribution in [0.5, 0.6) is 0 Å². The quantitative estimate of drug-likeness (QED) is 0.573. The van der Waals surface area contributed by atoms with Crippen LogP contribution in [-0.2, 0) is 4.79 Å². The molecule has 12 heavy (non-hydrogen) atoms. The Bertz CT molecular complexity index is 233. The first-order valence-corrected chi connectivity index (χ1v) is 4.57. The molecule has 0 aromatic rings. The van der Waals surface area contributed by atoms with Crippen molar-refractivity contribution in [2.75, 3.05) is 0 Å². The largest absolute Gasteiger partial charge is 0.295 e. The summed E-state index contributed by atoms with van der Waals surface area (Å²) >= 11 is 0. The number of carbonyl (C=O) groups excluding carboxylic acids is 1. The zero-order valence-electron chi connectivity index (χ0n) is 7.89. The standard InChI is InChI=1S/C11H16O/c1-9-5-3-4-6-11(9)8-7-10(2)12/h7-8H,3-6H2,1-2H3. The Hall–Kier alpha value is -0.850. The van der Waals surface area contributed by atoms with Gasteiger partial charge >= 0.3 is 0 Å². The second kappa shape index (κ2) is 4.24. The summed E-state index contributed by atoms with van der Waals surface area (Å²) < 4.78 is 0. The summed E-state index contributed by atoms with van der Waals surface area (Å²) in [5.41, 5.74) is 2.83. The van der Waals surface area contributed by atoms with Crippen molar-refractivity contribution in [3.63, 3.8) is 0 Å². The molecule has 0 saturated carbocycles. The highest BCUT2D eigenvalue weighted by Crippen LogP contribution is 2.24. The van der Waals surface area contributed by atoms with E-state index in [4.69, 9.17) is 0 Å². The van der Waals surface area contributed by atoms with E-state index < -0.39 is 0 Å². The summed E-state index contributed by atoms with van der Waals surface area (Å²) in [5.74, 6) is 0.140. The topological polar surface area (TPSA) is 17.1 Å². The highest BCUT2D eigenvalue weighted by atomic mass is 16.1. The van der Waals surface area contributed by atoms with Crippen LogP contribution in [0.15, 0.2) is 23.3 Å². The van der Waals surface area contributed by atoms with E-state index in [1.54, 1.807) is 13.0 Å². The maximum absolute atomic E-state index is 10.7. The summed E-state index contributed by atoms with van der Waals surface area (Å²) in [4.78, 5) is 10.7. The van der Waals surface area contributed by atoms with Crippen LogP contribution in [0.4, 0.5) is 0 Å². The van der Waals surface area contributed by atoms with Crippen molar-refractivity contribution in [2.24, 2.45) is 0 Å². The lowest BCUT2D eigenvalue weighted by Gasteiger charge is -2.14. The minimum absolute atomic E-state index is 0.140. The number of rotatable bonds is 2. The Balaban J connectivity index is 2.66. The van der Waals surface area contributed by atoms with Crippen LogP contribution in [0.1, 0.15) is 39.5 Å². The van der Waals surface area contributed by atoms with Crippen molar-refractivity contribution in [2.45, 2.75) is 39.5 Å². The van der Waals surface area contributed by atoms with Gasteiger partial charge in [-0.25, -0.2) is 0 Å². The molecule has 0 atom stereocenters. The Morgan fingerprint density at radius 1 is 1.33 bits per heavy atom. The molecule has 66 valence electrons. The van der Waals surface area contributed by atoms with Gasteiger partial charge in [-0.15, -0.1) is 0 Å². The molecule has 1 aliphatic rings. The molecule has 0 aromatic carbocycles. The summed E-state index contributed by atoms with van der Waals surface area (Å²) in [5, 5.41) is 0. The molecular formula is C11H16O. The average Bonchev–Trinajstić information content (AvgIpc) is 2.03. The normalized spacial score (nSPS) is 18.8. The fourth-order valence-electron chi connectivity index (χ4n) is 1.52. The number of hydrogen-bond acceptors (Lipinski definition) is 1. The summed E-state index contributed by atoms with van der Waals surface area (Å²) in [6.07, 6.45) is 8.59. The predicted octanol–water partition coefficient (Wildman–Crippen LogP) is 3.02. The molecule has 0 unspecified atom stereocenters. The molecule has 0 aliphatic heterocycles. The predicted molar refractivity (Wildman–Crippen MR) is 51.0 cm³/mol. The van der Waals surface area contributed by atoms with Crippen molar-refractivity contribution in [3.8, 4) is 0 Å². The Morgan fingerprint density at radius 3 is 2.58 bits per heavy atom. The number of hydrogen-bond donors (Lipinski definition) is 0. The lowest BCUT2D eigenvalue weighted by molar-refractivity contribution is -0.112. The van der Waals surface area contributed by atoms with Gasteiger partial charge in [-0.1, -0.05) is 11.6 Å². The third-order valence-electron chi connectivity index (χ3n) is 2.32. The van der Waals surface area contributed by atoms with Crippen molar-refractivity contribution in [1.82, 2.24) is 0 Å². The zero-order chi connectivity index (χ0) is 8.97. The van der Waals surface area contributed by atoms with E-state index in [1.165, 1.54) is 30.4 Å². The Kier molecular flexibility index (Phi) is 3.27. The van der Waals surface area contributed by atoms with Gasteiger partial charge in [0.2, 0.25) is 0 Å². The number of carbonyl (C=O) groups is 1. The van der Waals surface area contributed by atoms with E-state index in [-0.39, 0.29) is 5.78 Å². The second-order valence-electron chi connectivity index (χ2n) is 3.46. The smallest absolute Gasteiger partial charge is 0.152 e. The lowest BCUT2D eigenvalue weighted by atomic mass is 9.92. The summed E-state index contributed by atoms with van der Waals surface area (Å²) in [7, 11) is 0. The van der Waals surface area contributed by atoms with Crippen molar-refractivity contribution >= 4 is 5.78 Å². The van der Waals surface area contributed by atoms with Crippen LogP contribution in [0.3, 0.4) is 0 Å². The molecule has 1 heteroatoms. The van der Waals surface area contributed by atoms with Crippen molar-refractivity contribution < 1.29 is 4.79 Å². The van der Waals surface area contributed by atoms with E-state index in [2.05, 4.69) is 6.92 Å².